The zero-order chi connectivity index (χ0) is 19.6. The van der Waals surface area contributed by atoms with Gasteiger partial charge in [-0.05, 0) is 99.2 Å². The smallest absolute Gasteiger partial charge is 0.249 e. The number of hydrogen-bond donors (Lipinski definition) is 1. The molecule has 0 aromatic rings. The quantitative estimate of drug-likeness (QED) is 0.725. The first-order chi connectivity index (χ1) is 12.6. The van der Waals surface area contributed by atoms with Gasteiger partial charge < -0.3 is 5.11 Å². The molecule has 4 heteroatoms. The standard InChI is InChI=1S/C23H39NO3/c1-21(26)12-13-22(2)15(14-21)6-7-16-17-8-9-19(20(25)24(4)27-5)23(17,3)11-10-18(16)22/h15-19,26H,6-14H2,1-5H3/t15-,16+,17+,18+,19-,21-,22+,23+/m1/s1. The topological polar surface area (TPSA) is 49.8 Å². The summed E-state index contributed by atoms with van der Waals surface area (Å²) >= 11 is 0. The maximum Gasteiger partial charge on any atom is 0.249 e. The van der Waals surface area contributed by atoms with E-state index in [2.05, 4.69) is 13.8 Å². The van der Waals surface area contributed by atoms with Crippen LogP contribution < -0.4 is 0 Å². The second kappa shape index (κ2) is 6.45. The molecule has 0 aromatic heterocycles. The van der Waals surface area contributed by atoms with Crippen molar-refractivity contribution >= 4 is 5.91 Å². The van der Waals surface area contributed by atoms with Gasteiger partial charge in [0, 0.05) is 13.0 Å². The highest BCUT2D eigenvalue weighted by molar-refractivity contribution is 5.79. The third kappa shape index (κ3) is 2.88. The molecule has 0 saturated heterocycles. The van der Waals surface area contributed by atoms with E-state index in [4.69, 9.17) is 4.84 Å². The number of nitrogens with zero attached hydrogens (tertiary/aromatic N) is 1. The summed E-state index contributed by atoms with van der Waals surface area (Å²) in [5.74, 6) is 3.18. The Kier molecular flexibility index (Phi) is 4.71. The van der Waals surface area contributed by atoms with Crippen LogP contribution in [-0.4, -0.2) is 35.8 Å². The minimum absolute atomic E-state index is 0.117. The number of fused-ring (bicyclic) bond motifs is 5. The maximum atomic E-state index is 12.9. The number of carbonyl (C=O) groups is 1. The predicted octanol–water partition coefficient (Wildman–Crippen LogP) is 4.42. The average Bonchev–Trinajstić information content (AvgIpc) is 2.98. The normalized spacial score (nSPS) is 51.9. The minimum Gasteiger partial charge on any atom is -0.390 e. The van der Waals surface area contributed by atoms with Crippen molar-refractivity contribution in [1.29, 1.82) is 0 Å². The van der Waals surface area contributed by atoms with Crippen molar-refractivity contribution < 1.29 is 14.7 Å². The van der Waals surface area contributed by atoms with E-state index in [1.165, 1.54) is 43.6 Å². The highest BCUT2D eigenvalue weighted by atomic mass is 16.7. The van der Waals surface area contributed by atoms with Crippen molar-refractivity contribution in [3.8, 4) is 0 Å². The fraction of sp³-hybridized carbons (Fsp3) is 0.957. The van der Waals surface area contributed by atoms with Crippen LogP contribution in [-0.2, 0) is 9.63 Å². The Hall–Kier alpha value is -0.610. The van der Waals surface area contributed by atoms with Gasteiger partial charge in [0.2, 0.25) is 5.91 Å². The van der Waals surface area contributed by atoms with Crippen LogP contribution in [0.15, 0.2) is 0 Å². The van der Waals surface area contributed by atoms with Gasteiger partial charge in [-0.1, -0.05) is 13.8 Å². The molecule has 0 aromatic carbocycles. The average molecular weight is 378 g/mol. The van der Waals surface area contributed by atoms with Gasteiger partial charge in [-0.3, -0.25) is 9.63 Å². The number of amides is 1. The van der Waals surface area contributed by atoms with E-state index in [1.54, 1.807) is 14.2 Å². The number of hydroxylamine groups is 2. The van der Waals surface area contributed by atoms with E-state index < -0.39 is 5.60 Å². The van der Waals surface area contributed by atoms with Crippen molar-refractivity contribution in [2.75, 3.05) is 14.2 Å². The molecule has 27 heavy (non-hydrogen) atoms. The fourth-order valence-electron chi connectivity index (χ4n) is 8.15. The monoisotopic (exact) mass is 377 g/mol. The van der Waals surface area contributed by atoms with E-state index in [0.717, 1.165) is 31.1 Å². The first-order valence-corrected chi connectivity index (χ1v) is 11.2. The van der Waals surface area contributed by atoms with Gasteiger partial charge in [0.1, 0.15) is 0 Å². The summed E-state index contributed by atoms with van der Waals surface area (Å²) < 4.78 is 0. The third-order valence-corrected chi connectivity index (χ3v) is 9.84. The Balaban J connectivity index is 1.57. The molecule has 4 fully saturated rings. The molecule has 0 heterocycles. The van der Waals surface area contributed by atoms with Crippen molar-refractivity contribution in [1.82, 2.24) is 5.06 Å². The SMILES string of the molecule is CON(C)C(=O)[C@H]1CC[C@H]2[C@@H]3CC[C@@H]4C[C@](C)(O)CC[C@]4(C)[C@H]3CC[C@]12C. The predicted molar refractivity (Wildman–Crippen MR) is 106 cm³/mol. The second-order valence-electron chi connectivity index (χ2n) is 11.1. The molecule has 0 aliphatic heterocycles. The molecule has 4 aliphatic carbocycles. The highest BCUT2D eigenvalue weighted by Gasteiger charge is 2.62. The van der Waals surface area contributed by atoms with Gasteiger partial charge >= 0.3 is 0 Å². The van der Waals surface area contributed by atoms with Crippen LogP contribution in [0.3, 0.4) is 0 Å². The summed E-state index contributed by atoms with van der Waals surface area (Å²) in [6.07, 6.45) is 10.3. The number of rotatable bonds is 2. The molecule has 0 bridgehead atoms. The van der Waals surface area contributed by atoms with Crippen molar-refractivity contribution in [3.05, 3.63) is 0 Å². The lowest BCUT2D eigenvalue weighted by molar-refractivity contribution is -0.182. The number of aliphatic hydroxyl groups is 1. The van der Waals surface area contributed by atoms with E-state index in [9.17, 15) is 9.90 Å². The molecule has 1 amide bonds. The molecule has 4 rings (SSSR count). The van der Waals surface area contributed by atoms with Crippen LogP contribution in [0.2, 0.25) is 0 Å². The molecule has 4 saturated carbocycles. The van der Waals surface area contributed by atoms with Crippen LogP contribution >= 0.6 is 0 Å². The molecule has 0 radical (unpaired) electrons. The Morgan fingerprint density at radius 2 is 1.67 bits per heavy atom. The van der Waals surface area contributed by atoms with E-state index in [0.29, 0.717) is 17.3 Å². The lowest BCUT2D eigenvalue weighted by atomic mass is 9.44. The Morgan fingerprint density at radius 3 is 2.37 bits per heavy atom. The van der Waals surface area contributed by atoms with Gasteiger partial charge in [-0.15, -0.1) is 0 Å². The molecule has 154 valence electrons. The summed E-state index contributed by atoms with van der Waals surface area (Å²) in [5.41, 5.74) is 0.0576. The minimum atomic E-state index is -0.462. The van der Waals surface area contributed by atoms with Gasteiger partial charge in [0.25, 0.3) is 0 Å². The van der Waals surface area contributed by atoms with Gasteiger partial charge in [0.05, 0.1) is 12.7 Å². The fourth-order valence-corrected chi connectivity index (χ4v) is 8.15. The lowest BCUT2D eigenvalue weighted by Gasteiger charge is -2.61. The Bertz CT molecular complexity index is 604. The molecule has 4 nitrogen and oxygen atoms in total. The molecule has 4 aliphatic rings. The summed E-state index contributed by atoms with van der Waals surface area (Å²) in [4.78, 5) is 18.2. The van der Waals surface area contributed by atoms with Gasteiger partial charge in [-0.2, -0.15) is 0 Å². The van der Waals surface area contributed by atoms with Crippen LogP contribution in [0.5, 0.6) is 0 Å². The zero-order valence-electron chi connectivity index (χ0n) is 18.0. The third-order valence-electron chi connectivity index (χ3n) is 9.84. The molecule has 0 spiro atoms. The van der Waals surface area contributed by atoms with Crippen LogP contribution in [0.1, 0.15) is 78.6 Å². The van der Waals surface area contributed by atoms with Crippen molar-refractivity contribution in [2.24, 2.45) is 40.4 Å². The first kappa shape index (κ1) is 19.7. The number of carbonyl (C=O) groups excluding carboxylic acids is 1. The molecule has 8 atom stereocenters. The largest absolute Gasteiger partial charge is 0.390 e. The van der Waals surface area contributed by atoms with Crippen LogP contribution in [0.25, 0.3) is 0 Å². The van der Waals surface area contributed by atoms with E-state index >= 15 is 0 Å². The first-order valence-electron chi connectivity index (χ1n) is 11.2. The molecular weight excluding hydrogens is 338 g/mol. The van der Waals surface area contributed by atoms with Gasteiger partial charge in [0.15, 0.2) is 0 Å². The van der Waals surface area contributed by atoms with Gasteiger partial charge in [-0.25, -0.2) is 5.06 Å². The Morgan fingerprint density at radius 1 is 0.963 bits per heavy atom. The summed E-state index contributed by atoms with van der Waals surface area (Å²) in [5, 5.41) is 12.1. The summed E-state index contributed by atoms with van der Waals surface area (Å²) in [6, 6.07) is 0. The number of hydrogen-bond acceptors (Lipinski definition) is 3. The van der Waals surface area contributed by atoms with Crippen molar-refractivity contribution in [3.63, 3.8) is 0 Å². The molecular formula is C23H39NO3. The van der Waals surface area contributed by atoms with Crippen LogP contribution in [0.4, 0.5) is 0 Å². The van der Waals surface area contributed by atoms with Crippen molar-refractivity contribution in [2.45, 2.75) is 84.2 Å². The zero-order valence-corrected chi connectivity index (χ0v) is 18.0. The van der Waals surface area contributed by atoms with Crippen LogP contribution in [0, 0.1) is 40.4 Å². The maximum absolute atomic E-state index is 12.9. The Labute approximate surface area is 165 Å². The van der Waals surface area contributed by atoms with E-state index in [1.807, 2.05) is 6.92 Å². The second-order valence-corrected chi connectivity index (χ2v) is 11.1. The summed E-state index contributed by atoms with van der Waals surface area (Å²) in [7, 11) is 3.34. The molecule has 0 unspecified atom stereocenters. The molecule has 1 N–H and O–H groups in total. The lowest BCUT2D eigenvalue weighted by Crippen LogP contribution is -2.56. The van der Waals surface area contributed by atoms with E-state index in [-0.39, 0.29) is 17.2 Å². The highest BCUT2D eigenvalue weighted by Crippen LogP contribution is 2.68. The summed E-state index contributed by atoms with van der Waals surface area (Å²) in [6.45, 7) is 6.96.